The van der Waals surface area contributed by atoms with Gasteiger partial charge in [0.25, 0.3) is 0 Å². The molecule has 0 bridgehead atoms. The molecule has 0 spiro atoms. The molecule has 28 heavy (non-hydrogen) atoms. The number of likely N-dealkylation sites (tertiary alicyclic amines) is 1. The molecule has 2 saturated heterocycles. The van der Waals surface area contributed by atoms with Crippen LogP contribution in [0.4, 0.5) is 10.5 Å². The molecule has 1 aromatic carbocycles. The first kappa shape index (κ1) is 18.5. The first-order chi connectivity index (χ1) is 13.7. The van der Waals surface area contributed by atoms with Crippen LogP contribution in [0, 0.1) is 5.92 Å². The summed E-state index contributed by atoms with van der Waals surface area (Å²) in [5.41, 5.74) is 1.52. The fourth-order valence-corrected chi connectivity index (χ4v) is 3.72. The van der Waals surface area contributed by atoms with Crippen molar-refractivity contribution in [2.75, 3.05) is 44.7 Å². The second kappa shape index (κ2) is 8.43. The summed E-state index contributed by atoms with van der Waals surface area (Å²) in [4.78, 5) is 33.0. The lowest BCUT2D eigenvalue weighted by Gasteiger charge is -2.36. The fraction of sp³-hybridized carbons (Fsp3) is 0.450. The first-order valence-corrected chi connectivity index (χ1v) is 9.62. The molecule has 1 N–H and O–H groups in total. The molecule has 2 aliphatic heterocycles. The number of anilines is 1. The Labute approximate surface area is 163 Å². The minimum absolute atomic E-state index is 0.133. The average molecular weight is 384 g/mol. The SMILES string of the molecule is O=C(Nc1cccc(-c2cnco2)c1)N1CCC[C@H](C(=O)N2CCOCC2)C1. The van der Waals surface area contributed by atoms with Gasteiger partial charge in [0.2, 0.25) is 5.91 Å². The second-order valence-electron chi connectivity index (χ2n) is 7.10. The fourth-order valence-electron chi connectivity index (χ4n) is 3.72. The van der Waals surface area contributed by atoms with Crippen molar-refractivity contribution in [3.63, 3.8) is 0 Å². The van der Waals surface area contributed by atoms with E-state index in [1.807, 2.05) is 29.2 Å². The van der Waals surface area contributed by atoms with Crippen molar-refractivity contribution in [1.29, 1.82) is 0 Å². The Morgan fingerprint density at radius 3 is 2.79 bits per heavy atom. The van der Waals surface area contributed by atoms with E-state index in [1.54, 1.807) is 11.1 Å². The Hall–Kier alpha value is -2.87. The third-order valence-electron chi connectivity index (χ3n) is 5.21. The van der Waals surface area contributed by atoms with Crippen LogP contribution in [0.5, 0.6) is 0 Å². The number of hydrogen-bond donors (Lipinski definition) is 1. The summed E-state index contributed by atoms with van der Waals surface area (Å²) in [6.45, 7) is 3.55. The minimum atomic E-state index is -0.186. The molecular weight excluding hydrogens is 360 g/mol. The predicted octanol–water partition coefficient (Wildman–Crippen LogP) is 2.44. The van der Waals surface area contributed by atoms with Gasteiger partial charge in [0, 0.05) is 37.4 Å². The number of oxazole rings is 1. The van der Waals surface area contributed by atoms with Crippen LogP contribution in [0.3, 0.4) is 0 Å². The molecule has 2 aromatic rings. The highest BCUT2D eigenvalue weighted by Crippen LogP contribution is 2.24. The van der Waals surface area contributed by atoms with E-state index in [1.165, 1.54) is 6.39 Å². The molecule has 148 valence electrons. The zero-order chi connectivity index (χ0) is 19.3. The van der Waals surface area contributed by atoms with E-state index in [-0.39, 0.29) is 17.9 Å². The third-order valence-corrected chi connectivity index (χ3v) is 5.21. The van der Waals surface area contributed by atoms with Gasteiger partial charge in [-0.05, 0) is 25.0 Å². The Kier molecular flexibility index (Phi) is 5.57. The molecule has 2 aliphatic rings. The maximum atomic E-state index is 12.8. The second-order valence-corrected chi connectivity index (χ2v) is 7.10. The average Bonchev–Trinajstić information content (AvgIpc) is 3.29. The number of morpholine rings is 1. The van der Waals surface area contributed by atoms with Crippen LogP contribution in [0.2, 0.25) is 0 Å². The third kappa shape index (κ3) is 4.17. The van der Waals surface area contributed by atoms with Gasteiger partial charge < -0.3 is 24.3 Å². The zero-order valence-electron chi connectivity index (χ0n) is 15.7. The summed E-state index contributed by atoms with van der Waals surface area (Å²) >= 11 is 0. The van der Waals surface area contributed by atoms with Gasteiger partial charge in [-0.15, -0.1) is 0 Å². The summed E-state index contributed by atoms with van der Waals surface area (Å²) in [5.74, 6) is 0.636. The Morgan fingerprint density at radius 1 is 1.14 bits per heavy atom. The van der Waals surface area contributed by atoms with Crippen molar-refractivity contribution in [2.45, 2.75) is 12.8 Å². The number of nitrogens with zero attached hydrogens (tertiary/aromatic N) is 3. The summed E-state index contributed by atoms with van der Waals surface area (Å²) < 4.78 is 10.6. The van der Waals surface area contributed by atoms with Crippen LogP contribution in [0.15, 0.2) is 41.3 Å². The van der Waals surface area contributed by atoms with E-state index in [0.29, 0.717) is 50.8 Å². The van der Waals surface area contributed by atoms with Crippen LogP contribution in [0.1, 0.15) is 12.8 Å². The molecule has 1 atom stereocenters. The van der Waals surface area contributed by atoms with Crippen molar-refractivity contribution in [1.82, 2.24) is 14.8 Å². The first-order valence-electron chi connectivity index (χ1n) is 9.62. The van der Waals surface area contributed by atoms with Crippen molar-refractivity contribution in [3.05, 3.63) is 36.9 Å². The number of aromatic nitrogens is 1. The predicted molar refractivity (Wildman–Crippen MR) is 103 cm³/mol. The standard InChI is InChI=1S/C20H24N4O4/c25-19(23-7-9-27-10-8-23)16-4-2-6-24(13-16)20(26)22-17-5-1-3-15(11-17)18-12-21-14-28-18/h1,3,5,11-12,14,16H,2,4,6-10,13H2,(H,22,26)/t16-/m0/s1. The number of hydrogen-bond acceptors (Lipinski definition) is 5. The van der Waals surface area contributed by atoms with E-state index in [0.717, 1.165) is 18.4 Å². The maximum Gasteiger partial charge on any atom is 0.321 e. The van der Waals surface area contributed by atoms with Gasteiger partial charge in [0.1, 0.15) is 0 Å². The largest absolute Gasteiger partial charge is 0.444 e. The molecular formula is C20H24N4O4. The molecule has 1 aromatic heterocycles. The molecule has 0 unspecified atom stereocenters. The summed E-state index contributed by atoms with van der Waals surface area (Å²) in [6, 6.07) is 7.24. The van der Waals surface area contributed by atoms with E-state index < -0.39 is 0 Å². The van der Waals surface area contributed by atoms with Gasteiger partial charge >= 0.3 is 6.03 Å². The van der Waals surface area contributed by atoms with E-state index in [2.05, 4.69) is 10.3 Å². The highest BCUT2D eigenvalue weighted by molar-refractivity contribution is 5.90. The number of nitrogens with one attached hydrogen (secondary N) is 1. The highest BCUT2D eigenvalue weighted by atomic mass is 16.5. The van der Waals surface area contributed by atoms with E-state index in [4.69, 9.17) is 9.15 Å². The molecule has 3 heterocycles. The molecule has 3 amide bonds. The summed E-state index contributed by atoms with van der Waals surface area (Å²) in [7, 11) is 0. The number of ether oxygens (including phenoxy) is 1. The number of rotatable bonds is 3. The van der Waals surface area contributed by atoms with Gasteiger partial charge in [-0.3, -0.25) is 4.79 Å². The van der Waals surface area contributed by atoms with Gasteiger partial charge in [-0.1, -0.05) is 12.1 Å². The van der Waals surface area contributed by atoms with Crippen LogP contribution >= 0.6 is 0 Å². The molecule has 0 saturated carbocycles. The molecule has 4 rings (SSSR count). The number of carbonyl (C=O) groups excluding carboxylic acids is 2. The molecule has 8 nitrogen and oxygen atoms in total. The van der Waals surface area contributed by atoms with Crippen LogP contribution in [0.25, 0.3) is 11.3 Å². The lowest BCUT2D eigenvalue weighted by Crippen LogP contribution is -2.50. The van der Waals surface area contributed by atoms with Gasteiger partial charge in [-0.2, -0.15) is 0 Å². The lowest BCUT2D eigenvalue weighted by atomic mass is 9.96. The number of urea groups is 1. The van der Waals surface area contributed by atoms with E-state index >= 15 is 0 Å². The van der Waals surface area contributed by atoms with Crippen LogP contribution in [-0.2, 0) is 9.53 Å². The topological polar surface area (TPSA) is 87.9 Å². The summed E-state index contributed by atoms with van der Waals surface area (Å²) in [6.07, 6.45) is 4.65. The van der Waals surface area contributed by atoms with Crippen molar-refractivity contribution >= 4 is 17.6 Å². The summed E-state index contributed by atoms with van der Waals surface area (Å²) in [5, 5.41) is 2.93. The normalized spacial score (nSPS) is 20.1. The quantitative estimate of drug-likeness (QED) is 0.878. The Balaban J connectivity index is 1.38. The number of benzene rings is 1. The van der Waals surface area contributed by atoms with Crippen LogP contribution in [-0.4, -0.2) is 66.1 Å². The van der Waals surface area contributed by atoms with Crippen molar-refractivity contribution < 1.29 is 18.7 Å². The van der Waals surface area contributed by atoms with E-state index in [9.17, 15) is 9.59 Å². The molecule has 8 heteroatoms. The van der Waals surface area contributed by atoms with Crippen LogP contribution < -0.4 is 5.32 Å². The van der Waals surface area contributed by atoms with Crippen molar-refractivity contribution in [2.24, 2.45) is 5.92 Å². The maximum absolute atomic E-state index is 12.8. The number of carbonyl (C=O) groups is 2. The zero-order valence-corrected chi connectivity index (χ0v) is 15.7. The van der Waals surface area contributed by atoms with Crippen molar-refractivity contribution in [3.8, 4) is 11.3 Å². The number of amides is 3. The van der Waals surface area contributed by atoms with Gasteiger partial charge in [0.15, 0.2) is 12.2 Å². The smallest absolute Gasteiger partial charge is 0.321 e. The lowest BCUT2D eigenvalue weighted by molar-refractivity contribution is -0.141. The monoisotopic (exact) mass is 384 g/mol. The minimum Gasteiger partial charge on any atom is -0.444 e. The molecule has 0 aliphatic carbocycles. The van der Waals surface area contributed by atoms with Gasteiger partial charge in [-0.25, -0.2) is 9.78 Å². The molecule has 2 fully saturated rings. The number of piperidine rings is 1. The van der Waals surface area contributed by atoms with Gasteiger partial charge in [0.05, 0.1) is 25.3 Å². The highest BCUT2D eigenvalue weighted by Gasteiger charge is 2.31. The molecule has 0 radical (unpaired) electrons. The Morgan fingerprint density at radius 2 is 2.00 bits per heavy atom. The Bertz CT molecular complexity index is 817.